The van der Waals surface area contributed by atoms with Crippen molar-refractivity contribution in [3.8, 4) is 0 Å². The largest absolute Gasteiger partial charge is 0.332 e. The van der Waals surface area contributed by atoms with E-state index in [9.17, 15) is 18.0 Å². The van der Waals surface area contributed by atoms with Gasteiger partial charge < -0.3 is 4.90 Å². The van der Waals surface area contributed by atoms with E-state index in [4.69, 9.17) is 0 Å². The molecule has 0 aliphatic rings. The molecular weight excluding hydrogens is 311 g/mol. The molecule has 6 heteroatoms. The van der Waals surface area contributed by atoms with Crippen molar-refractivity contribution in [1.29, 1.82) is 0 Å². The average molecular weight is 324 g/mol. The van der Waals surface area contributed by atoms with Crippen LogP contribution in [0.2, 0.25) is 0 Å². The van der Waals surface area contributed by atoms with Crippen molar-refractivity contribution in [2.45, 2.75) is 13.3 Å². The van der Waals surface area contributed by atoms with E-state index in [1.807, 2.05) is 0 Å². The summed E-state index contributed by atoms with van der Waals surface area (Å²) in [4.78, 5) is 13.0. The number of amides is 1. The van der Waals surface area contributed by atoms with Crippen LogP contribution < -0.4 is 0 Å². The van der Waals surface area contributed by atoms with Gasteiger partial charge in [0.25, 0.3) is 12.3 Å². The third-order valence-corrected chi connectivity index (χ3v) is 2.64. The van der Waals surface area contributed by atoms with Gasteiger partial charge in [-0.1, -0.05) is 15.9 Å². The lowest BCUT2D eigenvalue weighted by molar-refractivity contribution is 0.0572. The molecule has 18 heavy (non-hydrogen) atoms. The highest BCUT2D eigenvalue weighted by Gasteiger charge is 2.19. The summed E-state index contributed by atoms with van der Waals surface area (Å²) in [7, 11) is 0. The zero-order valence-electron chi connectivity index (χ0n) is 9.80. The molecule has 0 aromatic heterocycles. The Kier molecular flexibility index (Phi) is 5.65. The zero-order chi connectivity index (χ0) is 13.7. The highest BCUT2D eigenvalue weighted by molar-refractivity contribution is 9.09. The van der Waals surface area contributed by atoms with Gasteiger partial charge in [-0.25, -0.2) is 13.2 Å². The van der Waals surface area contributed by atoms with Crippen molar-refractivity contribution >= 4 is 21.8 Å². The smallest absolute Gasteiger partial charge is 0.255 e. The summed E-state index contributed by atoms with van der Waals surface area (Å²) in [5, 5.41) is 0.389. The maximum Gasteiger partial charge on any atom is 0.255 e. The molecule has 0 spiro atoms. The molecule has 1 amide bonds. The molecule has 1 aromatic carbocycles. The van der Waals surface area contributed by atoms with Crippen LogP contribution in [0.15, 0.2) is 18.2 Å². The number of hydrogen-bond acceptors (Lipinski definition) is 1. The van der Waals surface area contributed by atoms with Crippen molar-refractivity contribution in [2.24, 2.45) is 0 Å². The first-order valence-corrected chi connectivity index (χ1v) is 6.46. The topological polar surface area (TPSA) is 20.3 Å². The molecule has 0 aliphatic carbocycles. The van der Waals surface area contributed by atoms with Crippen LogP contribution in [0.25, 0.3) is 0 Å². The predicted molar refractivity (Wildman–Crippen MR) is 66.8 cm³/mol. The van der Waals surface area contributed by atoms with Gasteiger partial charge in [-0.15, -0.1) is 0 Å². The van der Waals surface area contributed by atoms with E-state index < -0.39 is 24.7 Å². The van der Waals surface area contributed by atoms with Crippen LogP contribution in [0, 0.1) is 12.7 Å². The molecule has 0 aliphatic heterocycles. The van der Waals surface area contributed by atoms with Crippen molar-refractivity contribution < 1.29 is 18.0 Å². The summed E-state index contributed by atoms with van der Waals surface area (Å²) in [6, 6.07) is 3.82. The standard InChI is InChI=1S/C12H13BrF3NO/c1-8-4-9(6-10(14)5-8)12(18)17(3-2-13)7-11(15)16/h4-6,11H,2-3,7H2,1H3. The molecule has 0 atom stereocenters. The Morgan fingerprint density at radius 1 is 1.39 bits per heavy atom. The predicted octanol–water partition coefficient (Wildman–Crippen LogP) is 3.24. The number of carbonyl (C=O) groups excluding carboxylic acids is 1. The van der Waals surface area contributed by atoms with Gasteiger partial charge in [-0.3, -0.25) is 4.79 Å². The maximum atomic E-state index is 13.2. The summed E-state index contributed by atoms with van der Waals surface area (Å²) >= 11 is 3.10. The van der Waals surface area contributed by atoms with E-state index in [0.717, 1.165) is 11.0 Å². The van der Waals surface area contributed by atoms with Gasteiger partial charge in [0.05, 0.1) is 6.54 Å². The number of alkyl halides is 3. The van der Waals surface area contributed by atoms with Crippen LogP contribution in [-0.4, -0.2) is 35.7 Å². The van der Waals surface area contributed by atoms with Crippen LogP contribution in [0.1, 0.15) is 15.9 Å². The quantitative estimate of drug-likeness (QED) is 0.762. The van der Waals surface area contributed by atoms with Gasteiger partial charge in [-0.2, -0.15) is 0 Å². The van der Waals surface area contributed by atoms with Gasteiger partial charge >= 0.3 is 0 Å². The molecule has 0 bridgehead atoms. The van der Waals surface area contributed by atoms with E-state index in [1.165, 1.54) is 12.1 Å². The lowest BCUT2D eigenvalue weighted by Gasteiger charge is -2.21. The van der Waals surface area contributed by atoms with Gasteiger partial charge in [0, 0.05) is 17.4 Å². The average Bonchev–Trinajstić information content (AvgIpc) is 2.25. The SMILES string of the molecule is Cc1cc(F)cc(C(=O)N(CCBr)CC(F)F)c1. The second-order valence-corrected chi connectivity index (χ2v) is 4.64. The molecule has 0 unspecified atom stereocenters. The van der Waals surface area contributed by atoms with Crippen LogP contribution in [0.4, 0.5) is 13.2 Å². The summed E-state index contributed by atoms with van der Waals surface area (Å²) in [5.41, 5.74) is 0.670. The fourth-order valence-corrected chi connectivity index (χ4v) is 2.01. The first kappa shape index (κ1) is 15.0. The van der Waals surface area contributed by atoms with Crippen molar-refractivity contribution in [3.63, 3.8) is 0 Å². The number of nitrogens with zero attached hydrogens (tertiary/aromatic N) is 1. The monoisotopic (exact) mass is 323 g/mol. The van der Waals surface area contributed by atoms with E-state index in [0.29, 0.717) is 10.9 Å². The van der Waals surface area contributed by atoms with E-state index >= 15 is 0 Å². The number of benzene rings is 1. The Bertz CT molecular complexity index is 406. The summed E-state index contributed by atoms with van der Waals surface area (Å²) in [5.74, 6) is -1.13. The fraction of sp³-hybridized carbons (Fsp3) is 0.417. The van der Waals surface area contributed by atoms with Gasteiger partial charge in [0.1, 0.15) is 5.82 Å². The lowest BCUT2D eigenvalue weighted by Crippen LogP contribution is -2.36. The van der Waals surface area contributed by atoms with E-state index in [-0.39, 0.29) is 12.1 Å². The number of aryl methyl sites for hydroxylation is 1. The Labute approximate surface area is 112 Å². The Balaban J connectivity index is 2.93. The molecule has 0 radical (unpaired) electrons. The first-order chi connectivity index (χ1) is 8.43. The minimum atomic E-state index is -2.61. The highest BCUT2D eigenvalue weighted by Crippen LogP contribution is 2.12. The Hall–Kier alpha value is -1.04. The second-order valence-electron chi connectivity index (χ2n) is 3.85. The summed E-state index contributed by atoms with van der Waals surface area (Å²) in [6.45, 7) is 1.14. The van der Waals surface area contributed by atoms with E-state index in [2.05, 4.69) is 15.9 Å². The third-order valence-electron chi connectivity index (χ3n) is 2.29. The number of halogens is 4. The van der Waals surface area contributed by atoms with Crippen LogP contribution in [-0.2, 0) is 0 Å². The Morgan fingerprint density at radius 2 is 2.06 bits per heavy atom. The summed E-state index contributed by atoms with van der Waals surface area (Å²) < 4.78 is 37.9. The van der Waals surface area contributed by atoms with Gasteiger partial charge in [0.2, 0.25) is 0 Å². The number of rotatable bonds is 5. The van der Waals surface area contributed by atoms with Crippen molar-refractivity contribution in [2.75, 3.05) is 18.4 Å². The molecule has 0 N–H and O–H groups in total. The minimum absolute atomic E-state index is 0.0918. The Morgan fingerprint density at radius 3 is 2.56 bits per heavy atom. The first-order valence-electron chi connectivity index (χ1n) is 5.34. The number of hydrogen-bond donors (Lipinski definition) is 0. The van der Waals surface area contributed by atoms with Crippen LogP contribution >= 0.6 is 15.9 Å². The van der Waals surface area contributed by atoms with Gasteiger partial charge in [0.15, 0.2) is 0 Å². The fourth-order valence-electron chi connectivity index (χ4n) is 1.59. The molecule has 2 nitrogen and oxygen atoms in total. The van der Waals surface area contributed by atoms with E-state index in [1.54, 1.807) is 6.92 Å². The second kappa shape index (κ2) is 6.78. The molecule has 0 fully saturated rings. The zero-order valence-corrected chi connectivity index (χ0v) is 11.4. The molecule has 1 aromatic rings. The molecule has 0 saturated heterocycles. The molecule has 100 valence electrons. The molecular formula is C12H13BrF3NO. The highest BCUT2D eigenvalue weighted by atomic mass is 79.9. The van der Waals surface area contributed by atoms with Crippen molar-refractivity contribution in [1.82, 2.24) is 4.90 Å². The lowest BCUT2D eigenvalue weighted by atomic mass is 10.1. The molecule has 1 rings (SSSR count). The normalized spacial score (nSPS) is 10.8. The van der Waals surface area contributed by atoms with Gasteiger partial charge in [-0.05, 0) is 30.7 Å². The maximum absolute atomic E-state index is 13.2. The third kappa shape index (κ3) is 4.33. The summed E-state index contributed by atoms with van der Waals surface area (Å²) in [6.07, 6.45) is -2.61. The van der Waals surface area contributed by atoms with Crippen LogP contribution in [0.5, 0.6) is 0 Å². The number of carbonyl (C=O) groups is 1. The van der Waals surface area contributed by atoms with Crippen molar-refractivity contribution in [3.05, 3.63) is 35.1 Å². The van der Waals surface area contributed by atoms with Crippen LogP contribution in [0.3, 0.4) is 0 Å². The minimum Gasteiger partial charge on any atom is -0.332 e. The molecule has 0 saturated carbocycles. The molecule has 0 heterocycles.